The highest BCUT2D eigenvalue weighted by Gasteiger charge is 2.22. The van der Waals surface area contributed by atoms with Crippen molar-refractivity contribution in [1.29, 1.82) is 0 Å². The molecule has 2 aromatic rings. The van der Waals surface area contributed by atoms with Gasteiger partial charge >= 0.3 is 0 Å². The maximum Gasteiger partial charge on any atom is 0.241 e. The van der Waals surface area contributed by atoms with Crippen LogP contribution >= 0.6 is 11.3 Å². The summed E-state index contributed by atoms with van der Waals surface area (Å²) in [5.74, 6) is -0.613. The Morgan fingerprint density at radius 2 is 1.92 bits per heavy atom. The van der Waals surface area contributed by atoms with E-state index in [0.717, 1.165) is 0 Å². The van der Waals surface area contributed by atoms with E-state index in [1.54, 1.807) is 17.8 Å². The van der Waals surface area contributed by atoms with Crippen LogP contribution in [0.25, 0.3) is 0 Å². The molecule has 2 amide bonds. The van der Waals surface area contributed by atoms with E-state index in [1.807, 2.05) is 0 Å². The van der Waals surface area contributed by atoms with E-state index in [0.29, 0.717) is 17.8 Å². The zero-order valence-electron chi connectivity index (χ0n) is 14.4. The zero-order chi connectivity index (χ0) is 19.2. The number of aromatic nitrogens is 1. The summed E-state index contributed by atoms with van der Waals surface area (Å²) < 4.78 is 27.1. The van der Waals surface area contributed by atoms with Gasteiger partial charge in [-0.05, 0) is 31.2 Å². The minimum Gasteiger partial charge on any atom is -0.349 e. The summed E-state index contributed by atoms with van der Waals surface area (Å²) in [4.78, 5) is 27.4. The molecule has 0 spiro atoms. The fraction of sp³-hybridized carbons (Fsp3) is 0.312. The molecule has 0 saturated carbocycles. The number of nitrogens with one attached hydrogen (secondary N) is 3. The van der Waals surface area contributed by atoms with Gasteiger partial charge < -0.3 is 10.6 Å². The first kappa shape index (κ1) is 20.0. The lowest BCUT2D eigenvalue weighted by Crippen LogP contribution is -2.44. The van der Waals surface area contributed by atoms with E-state index >= 15 is 0 Å². The number of benzene rings is 1. The van der Waals surface area contributed by atoms with Crippen LogP contribution in [0.3, 0.4) is 0 Å². The summed E-state index contributed by atoms with van der Waals surface area (Å²) in [6.45, 7) is 3.42. The molecule has 0 bridgehead atoms. The number of hydrogen-bond donors (Lipinski definition) is 3. The third-order valence-electron chi connectivity index (χ3n) is 3.42. The number of hydrogen-bond acceptors (Lipinski definition) is 6. The molecule has 1 aromatic carbocycles. The van der Waals surface area contributed by atoms with Crippen LogP contribution in [0.2, 0.25) is 0 Å². The van der Waals surface area contributed by atoms with Gasteiger partial charge in [-0.2, -0.15) is 4.72 Å². The van der Waals surface area contributed by atoms with Gasteiger partial charge in [-0.1, -0.05) is 6.92 Å². The number of nitrogens with zero attached hydrogens (tertiary/aromatic N) is 1. The first-order valence-electron chi connectivity index (χ1n) is 7.89. The van der Waals surface area contributed by atoms with Gasteiger partial charge in [0.2, 0.25) is 21.8 Å². The van der Waals surface area contributed by atoms with Gasteiger partial charge in [0.1, 0.15) is 0 Å². The Morgan fingerprint density at radius 1 is 1.23 bits per heavy atom. The molecular formula is C16H20N4O4S2. The summed E-state index contributed by atoms with van der Waals surface area (Å²) in [7, 11) is -3.86. The molecule has 0 fully saturated rings. The number of rotatable bonds is 8. The molecule has 0 radical (unpaired) electrons. The molecule has 1 atom stereocenters. The zero-order valence-corrected chi connectivity index (χ0v) is 16.0. The predicted octanol–water partition coefficient (Wildman–Crippen LogP) is 1.47. The van der Waals surface area contributed by atoms with E-state index < -0.39 is 22.0 Å². The van der Waals surface area contributed by atoms with Crippen molar-refractivity contribution >= 4 is 38.9 Å². The van der Waals surface area contributed by atoms with Gasteiger partial charge in [-0.25, -0.2) is 13.4 Å². The summed E-state index contributed by atoms with van der Waals surface area (Å²) in [5.41, 5.74) is 2.87. The second-order valence-electron chi connectivity index (χ2n) is 5.47. The van der Waals surface area contributed by atoms with E-state index in [-0.39, 0.29) is 17.3 Å². The smallest absolute Gasteiger partial charge is 0.241 e. The van der Waals surface area contributed by atoms with Gasteiger partial charge in [0, 0.05) is 17.5 Å². The number of carbonyl (C=O) groups is 2. The second-order valence-corrected chi connectivity index (χ2v) is 7.90. The lowest BCUT2D eigenvalue weighted by Gasteiger charge is -2.14. The molecule has 2 rings (SSSR count). The van der Waals surface area contributed by atoms with Crippen molar-refractivity contribution in [3.05, 3.63) is 40.8 Å². The molecule has 1 aromatic heterocycles. The van der Waals surface area contributed by atoms with Crippen molar-refractivity contribution < 1.29 is 18.0 Å². The molecular weight excluding hydrogens is 376 g/mol. The van der Waals surface area contributed by atoms with Gasteiger partial charge in [0.25, 0.3) is 0 Å². The monoisotopic (exact) mass is 396 g/mol. The molecule has 8 nitrogen and oxygen atoms in total. The predicted molar refractivity (Wildman–Crippen MR) is 99.1 cm³/mol. The van der Waals surface area contributed by atoms with Crippen LogP contribution in [0, 0.1) is 0 Å². The lowest BCUT2D eigenvalue weighted by atomic mass is 10.3. The number of thiazole rings is 1. The fourth-order valence-electron chi connectivity index (χ4n) is 1.98. The third-order valence-corrected chi connectivity index (χ3v) is 5.61. The van der Waals surface area contributed by atoms with Gasteiger partial charge in [0.15, 0.2) is 0 Å². The summed E-state index contributed by atoms with van der Waals surface area (Å²) >= 11 is 1.41. The molecule has 0 saturated heterocycles. The minimum absolute atomic E-state index is 0.00569. The van der Waals surface area contributed by atoms with Gasteiger partial charge in [0.05, 0.1) is 28.7 Å². The molecule has 1 heterocycles. The quantitative estimate of drug-likeness (QED) is 0.625. The molecule has 26 heavy (non-hydrogen) atoms. The van der Waals surface area contributed by atoms with Crippen LogP contribution in [0.1, 0.15) is 26.0 Å². The number of carbonyl (C=O) groups excluding carboxylic acids is 2. The Bertz CT molecular complexity index is 849. The van der Waals surface area contributed by atoms with Crippen molar-refractivity contribution in [3.8, 4) is 0 Å². The van der Waals surface area contributed by atoms with Gasteiger partial charge in [-0.15, -0.1) is 11.3 Å². The molecule has 140 valence electrons. The van der Waals surface area contributed by atoms with E-state index in [2.05, 4.69) is 20.3 Å². The molecule has 0 aliphatic heterocycles. The average Bonchev–Trinajstić information content (AvgIpc) is 3.13. The van der Waals surface area contributed by atoms with E-state index in [9.17, 15) is 18.0 Å². The van der Waals surface area contributed by atoms with E-state index in [1.165, 1.54) is 42.5 Å². The van der Waals surface area contributed by atoms with Crippen molar-refractivity contribution in [3.63, 3.8) is 0 Å². The highest BCUT2D eigenvalue weighted by atomic mass is 32.2. The lowest BCUT2D eigenvalue weighted by molar-refractivity contribution is -0.122. The molecule has 0 aliphatic carbocycles. The summed E-state index contributed by atoms with van der Waals surface area (Å²) in [6.07, 6.45) is 0.329. The minimum atomic E-state index is -3.86. The third kappa shape index (κ3) is 5.61. The average molecular weight is 396 g/mol. The molecule has 1 unspecified atom stereocenters. The Hall–Kier alpha value is -2.30. The van der Waals surface area contributed by atoms with Crippen LogP contribution in [-0.2, 0) is 26.2 Å². The summed E-state index contributed by atoms with van der Waals surface area (Å²) in [5, 5.41) is 7.06. The van der Waals surface area contributed by atoms with Crippen molar-refractivity contribution in [1.82, 2.24) is 15.0 Å². The van der Waals surface area contributed by atoms with Gasteiger partial charge in [-0.3, -0.25) is 9.59 Å². The van der Waals surface area contributed by atoms with Crippen molar-refractivity contribution in [2.45, 2.75) is 37.8 Å². The highest BCUT2D eigenvalue weighted by Crippen LogP contribution is 2.14. The van der Waals surface area contributed by atoms with Crippen LogP contribution in [0.5, 0.6) is 0 Å². The Kier molecular flexibility index (Phi) is 6.83. The first-order chi connectivity index (χ1) is 12.3. The van der Waals surface area contributed by atoms with Crippen LogP contribution < -0.4 is 15.4 Å². The number of sulfonamides is 1. The maximum atomic E-state index is 12.4. The van der Waals surface area contributed by atoms with Crippen LogP contribution in [-0.4, -0.2) is 31.3 Å². The SMILES string of the molecule is CCC(=O)Nc1ccc(S(=O)(=O)NC(C)C(=O)NCc2cscn2)cc1. The van der Waals surface area contributed by atoms with Crippen molar-refractivity contribution in [2.75, 3.05) is 5.32 Å². The summed E-state index contributed by atoms with van der Waals surface area (Å²) in [6, 6.07) is 4.78. The molecule has 0 aliphatic rings. The largest absolute Gasteiger partial charge is 0.349 e. The van der Waals surface area contributed by atoms with Crippen molar-refractivity contribution in [2.24, 2.45) is 0 Å². The second kappa shape index (κ2) is 8.88. The van der Waals surface area contributed by atoms with E-state index in [4.69, 9.17) is 0 Å². The highest BCUT2D eigenvalue weighted by molar-refractivity contribution is 7.89. The maximum absolute atomic E-state index is 12.4. The Labute approximate surface area is 156 Å². The molecule has 3 N–H and O–H groups in total. The number of amides is 2. The topological polar surface area (TPSA) is 117 Å². The molecule has 10 heteroatoms. The first-order valence-corrected chi connectivity index (χ1v) is 10.3. The van der Waals surface area contributed by atoms with Crippen LogP contribution in [0.15, 0.2) is 40.1 Å². The Morgan fingerprint density at radius 3 is 2.50 bits per heavy atom. The number of anilines is 1. The normalized spacial score (nSPS) is 12.4. The fourth-order valence-corrected chi connectivity index (χ4v) is 3.74. The standard InChI is InChI=1S/C16H20N4O4S2/c1-3-15(21)19-12-4-6-14(7-5-12)26(23,24)20-11(2)16(22)17-8-13-9-25-10-18-13/h4-7,9-11,20H,3,8H2,1-2H3,(H,17,22)(H,19,21). The Balaban J connectivity index is 1.96. The van der Waals surface area contributed by atoms with Crippen LogP contribution in [0.4, 0.5) is 5.69 Å².